The summed E-state index contributed by atoms with van der Waals surface area (Å²) in [7, 11) is 1.62. The lowest BCUT2D eigenvalue weighted by atomic mass is 10.1. The molecule has 1 aromatic rings. The van der Waals surface area contributed by atoms with E-state index in [-0.39, 0.29) is 30.6 Å². The van der Waals surface area contributed by atoms with Crippen molar-refractivity contribution in [3.05, 3.63) is 29.8 Å². The number of rotatable bonds is 3. The number of benzene rings is 1. The van der Waals surface area contributed by atoms with Crippen LogP contribution in [0.15, 0.2) is 24.3 Å². The van der Waals surface area contributed by atoms with Crippen LogP contribution in [0.25, 0.3) is 0 Å². The van der Waals surface area contributed by atoms with Crippen molar-refractivity contribution < 1.29 is 19.1 Å². The van der Waals surface area contributed by atoms with Gasteiger partial charge in [0.25, 0.3) is 0 Å². The molecule has 0 bridgehead atoms. The lowest BCUT2D eigenvalue weighted by Gasteiger charge is -2.36. The molecule has 0 unspecified atom stereocenters. The van der Waals surface area contributed by atoms with Gasteiger partial charge in [0, 0.05) is 26.6 Å². The van der Waals surface area contributed by atoms with Crippen LogP contribution >= 0.6 is 0 Å². The van der Waals surface area contributed by atoms with Gasteiger partial charge in [0.05, 0.1) is 19.3 Å². The van der Waals surface area contributed by atoms with Crippen molar-refractivity contribution in [1.29, 1.82) is 0 Å². The highest BCUT2D eigenvalue weighted by atomic mass is 16.5. The number of methoxy groups -OCH3 is 1. The molecule has 0 aliphatic carbocycles. The Kier molecular flexibility index (Phi) is 4.02. The first-order chi connectivity index (χ1) is 10.6. The molecule has 0 N–H and O–H groups in total. The molecule has 6 nitrogen and oxygen atoms in total. The average molecular weight is 304 g/mol. The van der Waals surface area contributed by atoms with Gasteiger partial charge < -0.3 is 19.3 Å². The maximum absolute atomic E-state index is 12.2. The van der Waals surface area contributed by atoms with Gasteiger partial charge in [0.2, 0.25) is 11.8 Å². The smallest absolute Gasteiger partial charge is 0.249 e. The zero-order chi connectivity index (χ0) is 15.7. The average Bonchev–Trinajstić information content (AvgIpc) is 2.95. The number of likely N-dealkylation sites (tertiary alicyclic amines) is 1. The van der Waals surface area contributed by atoms with E-state index < -0.39 is 0 Å². The summed E-state index contributed by atoms with van der Waals surface area (Å²) in [6.45, 7) is 3.27. The second kappa shape index (κ2) is 5.96. The Morgan fingerprint density at radius 2 is 2.05 bits per heavy atom. The van der Waals surface area contributed by atoms with Gasteiger partial charge in [-0.2, -0.15) is 0 Å². The van der Waals surface area contributed by atoms with Gasteiger partial charge in [-0.15, -0.1) is 0 Å². The highest BCUT2D eigenvalue weighted by Crippen LogP contribution is 2.25. The highest BCUT2D eigenvalue weighted by Gasteiger charge is 2.43. The monoisotopic (exact) mass is 304 g/mol. The van der Waals surface area contributed by atoms with Crippen LogP contribution in [0.1, 0.15) is 12.5 Å². The van der Waals surface area contributed by atoms with Crippen LogP contribution in [0, 0.1) is 0 Å². The molecule has 2 saturated heterocycles. The number of hydrogen-bond donors (Lipinski definition) is 0. The van der Waals surface area contributed by atoms with E-state index in [1.807, 2.05) is 29.2 Å². The summed E-state index contributed by atoms with van der Waals surface area (Å²) in [6, 6.07) is 7.61. The Morgan fingerprint density at radius 1 is 1.32 bits per heavy atom. The molecule has 2 atom stereocenters. The van der Waals surface area contributed by atoms with Crippen molar-refractivity contribution in [3.63, 3.8) is 0 Å². The standard InChI is InChI=1S/C16H20N2O4/c1-11(19)17-8-14-15(9-17)22-10-16(20)18(14)7-12-3-5-13(21-2)6-4-12/h3-6,14-15H,7-10H2,1-2H3/t14-,15+/m1/s1. The lowest BCUT2D eigenvalue weighted by molar-refractivity contribution is -0.153. The Balaban J connectivity index is 1.75. The van der Waals surface area contributed by atoms with Gasteiger partial charge in [-0.05, 0) is 17.7 Å². The molecular weight excluding hydrogens is 284 g/mol. The van der Waals surface area contributed by atoms with E-state index >= 15 is 0 Å². The topological polar surface area (TPSA) is 59.1 Å². The second-order valence-corrected chi connectivity index (χ2v) is 5.71. The van der Waals surface area contributed by atoms with Crippen LogP contribution in [0.5, 0.6) is 5.75 Å². The minimum atomic E-state index is -0.0835. The van der Waals surface area contributed by atoms with Gasteiger partial charge >= 0.3 is 0 Å². The zero-order valence-electron chi connectivity index (χ0n) is 12.8. The maximum Gasteiger partial charge on any atom is 0.249 e. The van der Waals surface area contributed by atoms with Crippen molar-refractivity contribution in [3.8, 4) is 5.75 Å². The van der Waals surface area contributed by atoms with E-state index in [0.717, 1.165) is 11.3 Å². The van der Waals surface area contributed by atoms with E-state index in [0.29, 0.717) is 19.6 Å². The first-order valence-electron chi connectivity index (χ1n) is 7.38. The summed E-state index contributed by atoms with van der Waals surface area (Å²) >= 11 is 0. The van der Waals surface area contributed by atoms with E-state index in [1.54, 1.807) is 18.9 Å². The molecular formula is C16H20N2O4. The molecule has 0 radical (unpaired) electrons. The molecule has 2 aliphatic rings. The van der Waals surface area contributed by atoms with E-state index in [4.69, 9.17) is 9.47 Å². The summed E-state index contributed by atoms with van der Waals surface area (Å²) < 4.78 is 10.7. The largest absolute Gasteiger partial charge is 0.497 e. The maximum atomic E-state index is 12.2. The van der Waals surface area contributed by atoms with E-state index in [9.17, 15) is 9.59 Å². The van der Waals surface area contributed by atoms with Crippen LogP contribution in [0.3, 0.4) is 0 Å². The van der Waals surface area contributed by atoms with Crippen molar-refractivity contribution in [2.75, 3.05) is 26.8 Å². The van der Waals surface area contributed by atoms with E-state index in [2.05, 4.69) is 0 Å². The van der Waals surface area contributed by atoms with Crippen molar-refractivity contribution >= 4 is 11.8 Å². The number of morpholine rings is 1. The summed E-state index contributed by atoms with van der Waals surface area (Å²) in [4.78, 5) is 27.4. The fourth-order valence-electron chi connectivity index (χ4n) is 3.06. The molecule has 2 fully saturated rings. The molecule has 22 heavy (non-hydrogen) atoms. The SMILES string of the molecule is COc1ccc(CN2C(=O)CO[C@H]3CN(C(C)=O)C[C@H]32)cc1. The van der Waals surface area contributed by atoms with Crippen LogP contribution in [-0.2, 0) is 20.9 Å². The number of carbonyl (C=O) groups is 2. The van der Waals surface area contributed by atoms with E-state index in [1.165, 1.54) is 0 Å². The number of amides is 2. The Labute approximate surface area is 129 Å². The molecule has 2 heterocycles. The van der Waals surface area contributed by atoms with Crippen LogP contribution < -0.4 is 4.74 Å². The summed E-state index contributed by atoms with van der Waals surface area (Å²) in [5, 5.41) is 0. The fourth-order valence-corrected chi connectivity index (χ4v) is 3.06. The first kappa shape index (κ1) is 14.8. The van der Waals surface area contributed by atoms with Gasteiger partial charge in [0.1, 0.15) is 12.4 Å². The van der Waals surface area contributed by atoms with Gasteiger partial charge in [-0.3, -0.25) is 9.59 Å². The number of nitrogens with zero attached hydrogens (tertiary/aromatic N) is 2. The minimum Gasteiger partial charge on any atom is -0.497 e. The molecule has 2 amide bonds. The third-order valence-corrected chi connectivity index (χ3v) is 4.34. The van der Waals surface area contributed by atoms with Crippen LogP contribution in [0.4, 0.5) is 0 Å². The van der Waals surface area contributed by atoms with Gasteiger partial charge in [-0.1, -0.05) is 12.1 Å². The lowest BCUT2D eigenvalue weighted by Crippen LogP contribution is -2.53. The van der Waals surface area contributed by atoms with Crippen molar-refractivity contribution in [2.24, 2.45) is 0 Å². The zero-order valence-corrected chi connectivity index (χ0v) is 12.8. The Morgan fingerprint density at radius 3 is 2.68 bits per heavy atom. The highest BCUT2D eigenvalue weighted by molar-refractivity contribution is 5.79. The third kappa shape index (κ3) is 2.78. The predicted octanol–water partition coefficient (Wildman–Crippen LogP) is 0.653. The fraction of sp³-hybridized carbons (Fsp3) is 0.500. The molecule has 3 rings (SSSR count). The molecule has 2 aliphatic heterocycles. The summed E-state index contributed by atoms with van der Waals surface area (Å²) in [6.07, 6.45) is -0.0835. The molecule has 0 aromatic heterocycles. The molecule has 0 saturated carbocycles. The quantitative estimate of drug-likeness (QED) is 0.823. The third-order valence-electron chi connectivity index (χ3n) is 4.34. The van der Waals surface area contributed by atoms with Crippen LogP contribution in [-0.4, -0.2) is 60.6 Å². The molecule has 0 spiro atoms. The number of carbonyl (C=O) groups excluding carboxylic acids is 2. The molecule has 6 heteroatoms. The minimum absolute atomic E-state index is 0.0230. The normalized spacial score (nSPS) is 24.4. The number of ether oxygens (including phenoxy) is 2. The molecule has 118 valence electrons. The number of fused-ring (bicyclic) bond motifs is 1. The summed E-state index contributed by atoms with van der Waals surface area (Å²) in [5.41, 5.74) is 1.04. The Hall–Kier alpha value is -2.08. The van der Waals surface area contributed by atoms with Crippen LogP contribution in [0.2, 0.25) is 0 Å². The summed E-state index contributed by atoms with van der Waals surface area (Å²) in [5.74, 6) is 0.788. The number of hydrogen-bond acceptors (Lipinski definition) is 4. The van der Waals surface area contributed by atoms with Crippen molar-refractivity contribution in [1.82, 2.24) is 9.80 Å². The predicted molar refractivity (Wildman–Crippen MR) is 79.3 cm³/mol. The van der Waals surface area contributed by atoms with Gasteiger partial charge in [0.15, 0.2) is 0 Å². The van der Waals surface area contributed by atoms with Crippen molar-refractivity contribution in [2.45, 2.75) is 25.6 Å². The second-order valence-electron chi connectivity index (χ2n) is 5.71. The Bertz CT molecular complexity index is 572. The first-order valence-corrected chi connectivity index (χ1v) is 7.38. The molecule has 1 aromatic carbocycles. The van der Waals surface area contributed by atoms with Gasteiger partial charge in [-0.25, -0.2) is 0 Å².